The lowest BCUT2D eigenvalue weighted by Crippen LogP contribution is -2.43. The number of nitrogens with one attached hydrogen (secondary N) is 1. The molecule has 1 aromatic rings. The predicted octanol–water partition coefficient (Wildman–Crippen LogP) is 4.79. The van der Waals surface area contributed by atoms with E-state index in [1.165, 1.54) is 5.56 Å². The van der Waals surface area contributed by atoms with Gasteiger partial charge in [-0.3, -0.25) is 0 Å². The zero-order chi connectivity index (χ0) is 22.3. The predicted molar refractivity (Wildman–Crippen MR) is 122 cm³/mol. The molecule has 1 amide bonds. The van der Waals surface area contributed by atoms with Crippen LogP contribution in [-0.4, -0.2) is 54.0 Å². The standard InChI is InChI=1S/C17H34N2O3.C7H8/c1-7-8-9-10-19(12-14(2)3)13-15(20)11-18-16(21)22-17(4,5)6;1-7-5-3-2-4-6-7/h7-8,14-15,20H,9-13H2,1-6H3,(H,18,21);2-6H,1H3/b8-7-;/t15-;/m0./s1. The average molecular weight is 407 g/mol. The molecule has 0 radical (unpaired) electrons. The summed E-state index contributed by atoms with van der Waals surface area (Å²) in [7, 11) is 0. The Morgan fingerprint density at radius 3 is 2.28 bits per heavy atom. The number of benzene rings is 1. The average Bonchev–Trinajstić information content (AvgIpc) is 2.59. The van der Waals surface area contributed by atoms with Gasteiger partial charge in [-0.05, 0) is 47.0 Å². The van der Waals surface area contributed by atoms with Gasteiger partial charge in [0.05, 0.1) is 6.10 Å². The van der Waals surface area contributed by atoms with Crippen molar-refractivity contribution in [2.24, 2.45) is 5.92 Å². The Morgan fingerprint density at radius 2 is 1.83 bits per heavy atom. The third kappa shape index (κ3) is 17.9. The van der Waals surface area contributed by atoms with E-state index in [-0.39, 0.29) is 6.54 Å². The summed E-state index contributed by atoms with van der Waals surface area (Å²) >= 11 is 0. The first kappa shape index (κ1) is 27.1. The lowest BCUT2D eigenvalue weighted by Gasteiger charge is -2.27. The van der Waals surface area contributed by atoms with Crippen LogP contribution in [0.4, 0.5) is 4.79 Å². The van der Waals surface area contributed by atoms with Gasteiger partial charge >= 0.3 is 6.09 Å². The van der Waals surface area contributed by atoms with E-state index < -0.39 is 17.8 Å². The van der Waals surface area contributed by atoms with Crippen LogP contribution in [0.2, 0.25) is 0 Å². The number of aryl methyl sites for hydroxylation is 1. The van der Waals surface area contributed by atoms with Gasteiger partial charge in [-0.1, -0.05) is 61.9 Å². The molecule has 0 unspecified atom stereocenters. The van der Waals surface area contributed by atoms with E-state index in [1.54, 1.807) is 0 Å². The summed E-state index contributed by atoms with van der Waals surface area (Å²) in [5.74, 6) is 0.539. The van der Waals surface area contributed by atoms with Gasteiger partial charge in [-0.25, -0.2) is 4.79 Å². The van der Waals surface area contributed by atoms with E-state index in [1.807, 2.05) is 52.0 Å². The van der Waals surface area contributed by atoms with Gasteiger partial charge in [0.15, 0.2) is 0 Å². The van der Waals surface area contributed by atoms with Crippen molar-refractivity contribution in [3.63, 3.8) is 0 Å². The number of nitrogens with zero attached hydrogens (tertiary/aromatic N) is 1. The number of hydrogen-bond acceptors (Lipinski definition) is 4. The highest BCUT2D eigenvalue weighted by Gasteiger charge is 2.18. The van der Waals surface area contributed by atoms with Gasteiger partial charge in [-0.15, -0.1) is 0 Å². The van der Waals surface area contributed by atoms with Crippen LogP contribution in [0.15, 0.2) is 42.5 Å². The smallest absolute Gasteiger partial charge is 0.407 e. The Labute approximate surface area is 178 Å². The fraction of sp³-hybridized carbons (Fsp3) is 0.625. The highest BCUT2D eigenvalue weighted by molar-refractivity contribution is 5.67. The zero-order valence-electron chi connectivity index (χ0n) is 19.4. The van der Waals surface area contributed by atoms with Crippen molar-refractivity contribution in [2.45, 2.75) is 66.6 Å². The number of ether oxygens (including phenoxy) is 1. The largest absolute Gasteiger partial charge is 0.444 e. The summed E-state index contributed by atoms with van der Waals surface area (Å²) in [6.07, 6.45) is 4.04. The molecule has 1 atom stereocenters. The summed E-state index contributed by atoms with van der Waals surface area (Å²) in [6.45, 7) is 16.4. The van der Waals surface area contributed by atoms with Crippen molar-refractivity contribution in [3.05, 3.63) is 48.0 Å². The number of aliphatic hydroxyl groups excluding tert-OH is 1. The van der Waals surface area contributed by atoms with Crippen LogP contribution in [0.1, 0.15) is 53.5 Å². The molecule has 1 aromatic carbocycles. The van der Waals surface area contributed by atoms with Crippen LogP contribution < -0.4 is 5.32 Å². The number of aliphatic hydroxyl groups is 1. The molecule has 0 fully saturated rings. The maximum absolute atomic E-state index is 11.6. The van der Waals surface area contributed by atoms with Gasteiger partial charge in [0, 0.05) is 26.2 Å². The van der Waals surface area contributed by atoms with Gasteiger partial charge in [0.2, 0.25) is 0 Å². The number of carbonyl (C=O) groups excluding carboxylic acids is 1. The Hall–Kier alpha value is -1.85. The highest BCUT2D eigenvalue weighted by Crippen LogP contribution is 2.06. The maximum atomic E-state index is 11.6. The first-order valence-electron chi connectivity index (χ1n) is 10.5. The Bertz CT molecular complexity index is 565. The van der Waals surface area contributed by atoms with E-state index in [4.69, 9.17) is 4.74 Å². The minimum absolute atomic E-state index is 0.202. The van der Waals surface area contributed by atoms with Crippen LogP contribution in [0.5, 0.6) is 0 Å². The van der Waals surface area contributed by atoms with Gasteiger partial charge in [0.25, 0.3) is 0 Å². The lowest BCUT2D eigenvalue weighted by molar-refractivity contribution is 0.0465. The van der Waals surface area contributed by atoms with Crippen LogP contribution in [0.25, 0.3) is 0 Å². The molecule has 0 saturated carbocycles. The second-order valence-corrected chi connectivity index (χ2v) is 8.70. The number of allylic oxidation sites excluding steroid dienone is 1. The number of hydrogen-bond donors (Lipinski definition) is 2. The first-order valence-corrected chi connectivity index (χ1v) is 10.5. The molecular weight excluding hydrogens is 364 g/mol. The molecule has 0 spiro atoms. The third-order valence-electron chi connectivity index (χ3n) is 3.76. The van der Waals surface area contributed by atoms with Crippen LogP contribution in [0, 0.1) is 12.8 Å². The third-order valence-corrected chi connectivity index (χ3v) is 3.76. The molecule has 29 heavy (non-hydrogen) atoms. The molecule has 0 aliphatic heterocycles. The molecule has 0 saturated heterocycles. The molecule has 0 aliphatic rings. The fourth-order valence-corrected chi connectivity index (χ4v) is 2.61. The number of rotatable bonds is 9. The number of carbonyl (C=O) groups is 1. The number of alkyl carbamates (subject to hydrolysis) is 1. The molecule has 0 heterocycles. The molecule has 5 nitrogen and oxygen atoms in total. The minimum Gasteiger partial charge on any atom is -0.444 e. The summed E-state index contributed by atoms with van der Waals surface area (Å²) in [6, 6.07) is 10.3. The summed E-state index contributed by atoms with van der Waals surface area (Å²) < 4.78 is 5.15. The SMILES string of the molecule is C/C=C\CCN(CC(C)C)C[C@@H](O)CNC(=O)OC(C)(C)C.Cc1ccccc1. The second-order valence-electron chi connectivity index (χ2n) is 8.70. The fourth-order valence-electron chi connectivity index (χ4n) is 2.61. The van der Waals surface area contributed by atoms with E-state index in [9.17, 15) is 9.90 Å². The van der Waals surface area contributed by atoms with Gasteiger partial charge in [0.1, 0.15) is 5.60 Å². The second kappa shape index (κ2) is 15.1. The molecule has 5 heteroatoms. The van der Waals surface area contributed by atoms with Crippen molar-refractivity contribution in [1.82, 2.24) is 10.2 Å². The van der Waals surface area contributed by atoms with Crippen LogP contribution in [0.3, 0.4) is 0 Å². The minimum atomic E-state index is -0.600. The maximum Gasteiger partial charge on any atom is 0.407 e. The highest BCUT2D eigenvalue weighted by atomic mass is 16.6. The Kier molecular flexibility index (Phi) is 14.1. The van der Waals surface area contributed by atoms with Crippen molar-refractivity contribution in [3.8, 4) is 0 Å². The molecular formula is C24H42N2O3. The molecule has 0 bridgehead atoms. The van der Waals surface area contributed by atoms with E-state index in [2.05, 4.69) is 49.2 Å². The van der Waals surface area contributed by atoms with Crippen molar-refractivity contribution < 1.29 is 14.6 Å². The summed E-state index contributed by atoms with van der Waals surface area (Å²) in [4.78, 5) is 13.8. The molecule has 2 N–H and O–H groups in total. The van der Waals surface area contributed by atoms with E-state index in [0.717, 1.165) is 19.5 Å². The molecule has 0 aliphatic carbocycles. The summed E-state index contributed by atoms with van der Waals surface area (Å²) in [5.41, 5.74) is 0.799. The molecule has 0 aromatic heterocycles. The van der Waals surface area contributed by atoms with Crippen LogP contribution >= 0.6 is 0 Å². The van der Waals surface area contributed by atoms with Crippen molar-refractivity contribution in [2.75, 3.05) is 26.2 Å². The van der Waals surface area contributed by atoms with Crippen molar-refractivity contribution in [1.29, 1.82) is 0 Å². The topological polar surface area (TPSA) is 61.8 Å². The molecule has 1 rings (SSSR count). The molecule has 166 valence electrons. The van der Waals surface area contributed by atoms with Crippen molar-refractivity contribution >= 4 is 6.09 Å². The Balaban J connectivity index is 0.000000929. The lowest BCUT2D eigenvalue weighted by atomic mass is 10.2. The van der Waals surface area contributed by atoms with E-state index >= 15 is 0 Å². The van der Waals surface area contributed by atoms with Gasteiger partial charge in [-0.2, -0.15) is 0 Å². The van der Waals surface area contributed by atoms with Crippen LogP contribution in [-0.2, 0) is 4.74 Å². The van der Waals surface area contributed by atoms with Gasteiger partial charge < -0.3 is 20.1 Å². The first-order chi connectivity index (χ1) is 13.5. The number of amides is 1. The zero-order valence-corrected chi connectivity index (χ0v) is 19.4. The van der Waals surface area contributed by atoms with E-state index in [0.29, 0.717) is 12.5 Å². The Morgan fingerprint density at radius 1 is 1.21 bits per heavy atom. The normalized spacial score (nSPS) is 12.6. The monoisotopic (exact) mass is 406 g/mol. The summed E-state index contributed by atoms with van der Waals surface area (Å²) in [5, 5.41) is 12.7. The quantitative estimate of drug-likeness (QED) is 0.579.